The number of Topliss-reactive ketones (excluding diaryl/α,β-unsaturated/α-hetero) is 1. The lowest BCUT2D eigenvalue weighted by molar-refractivity contribution is -0.113. The molecule has 146 valence electrons. The normalized spacial score (nSPS) is 17.9. The molecule has 1 saturated heterocycles. The Labute approximate surface area is 163 Å². The third-order valence-electron chi connectivity index (χ3n) is 4.55. The number of benzene rings is 2. The summed E-state index contributed by atoms with van der Waals surface area (Å²) in [6.45, 7) is 1.05. The molecule has 0 radical (unpaired) electrons. The van der Waals surface area contributed by atoms with Crippen LogP contribution in [0, 0.1) is 0 Å². The smallest absolute Gasteiger partial charge is 0.187 e. The van der Waals surface area contributed by atoms with Gasteiger partial charge >= 0.3 is 0 Å². The van der Waals surface area contributed by atoms with E-state index in [1.165, 1.54) is 14.2 Å². The Morgan fingerprint density at radius 1 is 0.857 bits per heavy atom. The minimum Gasteiger partial charge on any atom is -0.504 e. The molecular weight excluding hydrogens is 358 g/mol. The Morgan fingerprint density at radius 3 is 1.68 bits per heavy atom. The van der Waals surface area contributed by atoms with E-state index < -0.39 is 0 Å². The number of aromatic hydroxyl groups is 2. The van der Waals surface area contributed by atoms with Gasteiger partial charge in [0.15, 0.2) is 28.8 Å². The number of hydrogen-bond acceptors (Lipinski definition) is 6. The predicted molar refractivity (Wildman–Crippen MR) is 108 cm³/mol. The van der Waals surface area contributed by atoms with Gasteiger partial charge in [0, 0.05) is 24.2 Å². The van der Waals surface area contributed by atoms with Gasteiger partial charge < -0.3 is 19.7 Å². The maximum absolute atomic E-state index is 13.0. The summed E-state index contributed by atoms with van der Waals surface area (Å²) in [7, 11) is 4.92. The van der Waals surface area contributed by atoms with Gasteiger partial charge in [-0.05, 0) is 54.6 Å². The predicted octanol–water partition coefficient (Wildman–Crippen LogP) is 3.10. The molecule has 0 atom stereocenters. The summed E-state index contributed by atoms with van der Waals surface area (Å²) in [5.74, 6) is 0.796. The summed E-state index contributed by atoms with van der Waals surface area (Å²) in [4.78, 5) is 15.0. The quantitative estimate of drug-likeness (QED) is 0.793. The Morgan fingerprint density at radius 2 is 1.29 bits per heavy atom. The fourth-order valence-electron chi connectivity index (χ4n) is 3.18. The Kier molecular flexibility index (Phi) is 5.70. The molecule has 1 fully saturated rings. The Balaban J connectivity index is 1.94. The Hall–Kier alpha value is -3.25. The summed E-state index contributed by atoms with van der Waals surface area (Å²) >= 11 is 0. The number of ketones is 1. The molecule has 0 unspecified atom stereocenters. The number of piperidine rings is 1. The highest BCUT2D eigenvalue weighted by molar-refractivity contribution is 6.14. The van der Waals surface area contributed by atoms with E-state index in [4.69, 9.17) is 9.47 Å². The van der Waals surface area contributed by atoms with Crippen molar-refractivity contribution in [3.8, 4) is 23.0 Å². The fraction of sp³-hybridized carbons (Fsp3) is 0.227. The first-order valence-corrected chi connectivity index (χ1v) is 8.79. The van der Waals surface area contributed by atoms with Crippen LogP contribution in [0.5, 0.6) is 23.0 Å². The lowest BCUT2D eigenvalue weighted by atomic mass is 9.94. The van der Waals surface area contributed by atoms with Crippen molar-refractivity contribution in [2.45, 2.75) is 0 Å². The molecule has 0 spiro atoms. The number of phenols is 2. The van der Waals surface area contributed by atoms with Crippen molar-refractivity contribution in [3.05, 3.63) is 58.7 Å². The molecule has 0 saturated carbocycles. The first-order chi connectivity index (χ1) is 13.4. The lowest BCUT2D eigenvalue weighted by Gasteiger charge is -2.26. The average Bonchev–Trinajstić information content (AvgIpc) is 2.68. The van der Waals surface area contributed by atoms with E-state index in [1.54, 1.807) is 36.4 Å². The summed E-state index contributed by atoms with van der Waals surface area (Å²) in [5, 5.41) is 19.5. The molecule has 0 aliphatic carbocycles. The zero-order valence-corrected chi connectivity index (χ0v) is 16.1. The van der Waals surface area contributed by atoms with E-state index in [1.807, 2.05) is 24.1 Å². The highest BCUT2D eigenvalue weighted by atomic mass is 16.5. The minimum absolute atomic E-state index is 0.0304. The summed E-state index contributed by atoms with van der Waals surface area (Å²) in [5.41, 5.74) is 2.86. The molecule has 0 aromatic heterocycles. The number of phenolic OH excluding ortho intramolecular Hbond substituents is 2. The fourth-order valence-corrected chi connectivity index (χ4v) is 3.18. The standard InChI is InChI=1S/C22H23NO5/c1-23-12-16(8-14-4-6-18(24)20(10-14)27-2)22(26)17(13-23)9-15-5-7-19(25)21(11-15)28-3/h4-11,24-25H,12-13H2,1-3H3/b16-8+,17-9+. The number of carbonyl (C=O) groups is 1. The molecule has 1 aliphatic heterocycles. The molecule has 0 amide bonds. The second kappa shape index (κ2) is 8.19. The second-order valence-corrected chi connectivity index (χ2v) is 6.70. The SMILES string of the molecule is COc1cc(/C=C2\CN(C)C/C(=C\c3ccc(O)c(OC)c3)C2=O)ccc1O. The molecule has 2 N–H and O–H groups in total. The van der Waals surface area contributed by atoms with Crippen LogP contribution in [-0.4, -0.2) is 55.3 Å². The van der Waals surface area contributed by atoms with E-state index in [0.717, 1.165) is 11.1 Å². The zero-order chi connectivity index (χ0) is 20.3. The minimum atomic E-state index is -0.0304. The number of hydrogen-bond donors (Lipinski definition) is 2. The van der Waals surface area contributed by atoms with Crippen LogP contribution in [0.4, 0.5) is 0 Å². The van der Waals surface area contributed by atoms with Crippen LogP contribution in [0.15, 0.2) is 47.5 Å². The highest BCUT2D eigenvalue weighted by Gasteiger charge is 2.24. The van der Waals surface area contributed by atoms with Crippen molar-refractivity contribution in [2.75, 3.05) is 34.4 Å². The third kappa shape index (κ3) is 4.18. The molecule has 28 heavy (non-hydrogen) atoms. The monoisotopic (exact) mass is 381 g/mol. The van der Waals surface area contributed by atoms with Crippen LogP contribution in [0.1, 0.15) is 11.1 Å². The van der Waals surface area contributed by atoms with E-state index in [9.17, 15) is 15.0 Å². The van der Waals surface area contributed by atoms with Gasteiger partial charge in [0.2, 0.25) is 0 Å². The second-order valence-electron chi connectivity index (χ2n) is 6.70. The molecule has 0 bridgehead atoms. The molecular formula is C22H23NO5. The maximum Gasteiger partial charge on any atom is 0.187 e. The van der Waals surface area contributed by atoms with Crippen LogP contribution in [0.3, 0.4) is 0 Å². The van der Waals surface area contributed by atoms with Crippen molar-refractivity contribution < 1.29 is 24.5 Å². The van der Waals surface area contributed by atoms with Crippen LogP contribution < -0.4 is 9.47 Å². The van der Waals surface area contributed by atoms with Gasteiger partial charge in [-0.25, -0.2) is 0 Å². The highest BCUT2D eigenvalue weighted by Crippen LogP contribution is 2.30. The number of rotatable bonds is 4. The zero-order valence-electron chi connectivity index (χ0n) is 16.1. The van der Waals surface area contributed by atoms with E-state index in [2.05, 4.69) is 0 Å². The average molecular weight is 381 g/mol. The summed E-state index contributed by atoms with van der Waals surface area (Å²) in [6, 6.07) is 9.95. The number of likely N-dealkylation sites (N-methyl/N-ethyl adjacent to an activating group) is 1. The summed E-state index contributed by atoms with van der Waals surface area (Å²) < 4.78 is 10.3. The molecule has 2 aromatic rings. The van der Waals surface area contributed by atoms with Crippen LogP contribution in [-0.2, 0) is 4.79 Å². The van der Waals surface area contributed by atoms with Crippen molar-refractivity contribution in [3.63, 3.8) is 0 Å². The van der Waals surface area contributed by atoms with E-state index >= 15 is 0 Å². The summed E-state index contributed by atoms with van der Waals surface area (Å²) in [6.07, 6.45) is 3.62. The van der Waals surface area contributed by atoms with Gasteiger partial charge in [-0.15, -0.1) is 0 Å². The van der Waals surface area contributed by atoms with E-state index in [-0.39, 0.29) is 17.3 Å². The molecule has 1 heterocycles. The number of ether oxygens (including phenoxy) is 2. The van der Waals surface area contributed by atoms with Gasteiger partial charge in [0.1, 0.15) is 0 Å². The maximum atomic E-state index is 13.0. The van der Waals surface area contributed by atoms with Gasteiger partial charge in [-0.2, -0.15) is 0 Å². The van der Waals surface area contributed by atoms with Gasteiger partial charge in [-0.3, -0.25) is 9.69 Å². The van der Waals surface area contributed by atoms with Crippen LogP contribution >= 0.6 is 0 Å². The van der Waals surface area contributed by atoms with Crippen molar-refractivity contribution in [1.82, 2.24) is 4.90 Å². The molecule has 1 aliphatic rings. The van der Waals surface area contributed by atoms with Crippen LogP contribution in [0.2, 0.25) is 0 Å². The number of likely N-dealkylation sites (tertiary alicyclic amines) is 1. The van der Waals surface area contributed by atoms with Gasteiger partial charge in [0.25, 0.3) is 0 Å². The Bertz CT molecular complexity index is 886. The largest absolute Gasteiger partial charge is 0.504 e. The third-order valence-corrected chi connectivity index (χ3v) is 4.55. The topological polar surface area (TPSA) is 79.2 Å². The number of methoxy groups -OCH3 is 2. The van der Waals surface area contributed by atoms with Crippen molar-refractivity contribution in [2.24, 2.45) is 0 Å². The first kappa shape index (κ1) is 19.5. The molecule has 3 rings (SSSR count). The number of nitrogens with zero attached hydrogens (tertiary/aromatic N) is 1. The van der Waals surface area contributed by atoms with E-state index in [0.29, 0.717) is 35.7 Å². The number of carbonyl (C=O) groups excluding carboxylic acids is 1. The van der Waals surface area contributed by atoms with Crippen LogP contribution in [0.25, 0.3) is 12.2 Å². The first-order valence-electron chi connectivity index (χ1n) is 8.79. The lowest BCUT2D eigenvalue weighted by Crippen LogP contribution is -2.34. The molecule has 2 aromatic carbocycles. The molecule has 6 heteroatoms. The van der Waals surface area contributed by atoms with Crippen molar-refractivity contribution in [1.29, 1.82) is 0 Å². The van der Waals surface area contributed by atoms with Crippen molar-refractivity contribution >= 4 is 17.9 Å². The molecule has 6 nitrogen and oxygen atoms in total. The van der Waals surface area contributed by atoms with Gasteiger partial charge in [-0.1, -0.05) is 12.1 Å². The van der Waals surface area contributed by atoms with Gasteiger partial charge in [0.05, 0.1) is 14.2 Å².